The Morgan fingerprint density at radius 2 is 2.33 bits per heavy atom. The molecule has 0 atom stereocenters. The maximum atomic E-state index is 11.7. The van der Waals surface area contributed by atoms with Crippen molar-refractivity contribution < 1.29 is 9.21 Å². The zero-order valence-corrected chi connectivity index (χ0v) is 10.9. The first-order valence-corrected chi connectivity index (χ1v) is 6.63. The van der Waals surface area contributed by atoms with Crippen molar-refractivity contribution in [3.05, 3.63) is 46.5 Å². The molecule has 2 aromatic heterocycles. The number of amides is 1. The van der Waals surface area contributed by atoms with Crippen LogP contribution in [0.3, 0.4) is 0 Å². The number of furan rings is 1. The monoisotopic (exact) mass is 262 g/mol. The predicted octanol–water partition coefficient (Wildman–Crippen LogP) is 3.28. The van der Waals surface area contributed by atoms with Gasteiger partial charge in [0.15, 0.2) is 5.76 Å². The Morgan fingerprint density at radius 3 is 2.94 bits per heavy atom. The summed E-state index contributed by atoms with van der Waals surface area (Å²) in [5.74, 6) is -0.0639. The topological polar surface area (TPSA) is 54.6 Å². The minimum Gasteiger partial charge on any atom is -0.459 e. The molecule has 0 bridgehead atoms. The highest BCUT2D eigenvalue weighted by atomic mass is 32.1. The van der Waals surface area contributed by atoms with E-state index in [1.807, 2.05) is 17.5 Å². The van der Waals surface area contributed by atoms with Gasteiger partial charge >= 0.3 is 5.91 Å². The second kappa shape index (κ2) is 6.16. The minimum absolute atomic E-state index is 0.265. The summed E-state index contributed by atoms with van der Waals surface area (Å²) in [6, 6.07) is 7.25. The number of nitrogens with zero attached hydrogens (tertiary/aromatic N) is 1. The fraction of sp³-hybridized carbons (Fsp3) is 0.231. The molecule has 0 unspecified atom stereocenters. The Bertz CT molecular complexity index is 515. The van der Waals surface area contributed by atoms with E-state index >= 15 is 0 Å². The average Bonchev–Trinajstić information content (AvgIpc) is 3.04. The normalized spacial score (nSPS) is 11.5. The Kier molecular flexibility index (Phi) is 4.30. The lowest BCUT2D eigenvalue weighted by molar-refractivity contribution is 0.0927. The number of carbonyl (C=O) groups excluding carboxylic acids is 1. The molecule has 0 fully saturated rings. The summed E-state index contributed by atoms with van der Waals surface area (Å²) in [5, 5.41) is 6.17. The Hall–Kier alpha value is -1.88. The van der Waals surface area contributed by atoms with Crippen molar-refractivity contribution in [2.75, 3.05) is 0 Å². The summed E-state index contributed by atoms with van der Waals surface area (Å²) in [4.78, 5) is 12.8. The number of thiophene rings is 1. The quantitative estimate of drug-likeness (QED) is 0.664. The molecule has 2 heterocycles. The molecule has 2 aromatic rings. The van der Waals surface area contributed by atoms with Crippen molar-refractivity contribution in [3.63, 3.8) is 0 Å². The molecule has 0 aromatic carbocycles. The van der Waals surface area contributed by atoms with E-state index in [-0.39, 0.29) is 11.7 Å². The van der Waals surface area contributed by atoms with Crippen LogP contribution in [0.25, 0.3) is 0 Å². The first-order chi connectivity index (χ1) is 8.81. The van der Waals surface area contributed by atoms with E-state index < -0.39 is 0 Å². The second-order valence-corrected chi connectivity index (χ2v) is 4.65. The molecular weight excluding hydrogens is 248 g/mol. The number of hydrazone groups is 1. The van der Waals surface area contributed by atoms with Gasteiger partial charge in [-0.1, -0.05) is 19.4 Å². The number of nitrogens with one attached hydrogen (secondary N) is 1. The van der Waals surface area contributed by atoms with E-state index in [0.29, 0.717) is 0 Å². The van der Waals surface area contributed by atoms with Gasteiger partial charge in [0.05, 0.1) is 16.9 Å². The third kappa shape index (κ3) is 3.07. The summed E-state index contributed by atoms with van der Waals surface area (Å²) in [6.07, 6.45) is 3.27. The third-order valence-corrected chi connectivity index (χ3v) is 3.25. The van der Waals surface area contributed by atoms with E-state index in [0.717, 1.165) is 23.4 Å². The van der Waals surface area contributed by atoms with Crippen molar-refractivity contribution in [1.29, 1.82) is 0 Å². The molecule has 1 N–H and O–H groups in total. The highest BCUT2D eigenvalue weighted by Crippen LogP contribution is 2.13. The first-order valence-electron chi connectivity index (χ1n) is 5.75. The summed E-state index contributed by atoms with van der Waals surface area (Å²) < 4.78 is 5.00. The van der Waals surface area contributed by atoms with Gasteiger partial charge < -0.3 is 4.42 Å². The Morgan fingerprint density at radius 1 is 1.44 bits per heavy atom. The van der Waals surface area contributed by atoms with E-state index in [2.05, 4.69) is 17.5 Å². The van der Waals surface area contributed by atoms with Crippen LogP contribution >= 0.6 is 11.3 Å². The number of carbonyl (C=O) groups is 1. The first kappa shape index (κ1) is 12.6. The molecule has 0 spiro atoms. The van der Waals surface area contributed by atoms with Gasteiger partial charge in [-0.15, -0.1) is 11.3 Å². The predicted molar refractivity (Wildman–Crippen MR) is 71.9 cm³/mol. The molecule has 0 aliphatic carbocycles. The summed E-state index contributed by atoms with van der Waals surface area (Å²) in [7, 11) is 0. The van der Waals surface area contributed by atoms with E-state index in [9.17, 15) is 4.79 Å². The van der Waals surface area contributed by atoms with E-state index in [4.69, 9.17) is 4.42 Å². The van der Waals surface area contributed by atoms with Gasteiger partial charge in [0.25, 0.3) is 0 Å². The van der Waals surface area contributed by atoms with Crippen LogP contribution in [0.15, 0.2) is 45.4 Å². The lowest BCUT2D eigenvalue weighted by Crippen LogP contribution is -2.19. The average molecular weight is 262 g/mol. The highest BCUT2D eigenvalue weighted by Gasteiger charge is 2.09. The largest absolute Gasteiger partial charge is 0.459 e. The van der Waals surface area contributed by atoms with Crippen molar-refractivity contribution in [3.8, 4) is 0 Å². The molecule has 0 saturated heterocycles. The van der Waals surface area contributed by atoms with Crippen LogP contribution in [-0.2, 0) is 0 Å². The maximum absolute atomic E-state index is 11.7. The lowest BCUT2D eigenvalue weighted by Gasteiger charge is -2.02. The second-order valence-electron chi connectivity index (χ2n) is 3.70. The van der Waals surface area contributed by atoms with Gasteiger partial charge in [-0.25, -0.2) is 5.43 Å². The smallest absolute Gasteiger partial charge is 0.307 e. The Balaban J connectivity index is 2.07. The SMILES string of the molecule is CCC/C(=N\NC(=O)c1ccco1)c1cccs1. The fourth-order valence-corrected chi connectivity index (χ4v) is 2.24. The fourth-order valence-electron chi connectivity index (χ4n) is 1.49. The van der Waals surface area contributed by atoms with Gasteiger partial charge in [-0.3, -0.25) is 4.79 Å². The maximum Gasteiger partial charge on any atom is 0.307 e. The molecule has 1 amide bonds. The van der Waals surface area contributed by atoms with Crippen molar-refractivity contribution in [1.82, 2.24) is 5.43 Å². The highest BCUT2D eigenvalue weighted by molar-refractivity contribution is 7.12. The van der Waals surface area contributed by atoms with Gasteiger partial charge in [-0.2, -0.15) is 5.10 Å². The molecule has 4 nitrogen and oxygen atoms in total. The number of hydrogen-bond acceptors (Lipinski definition) is 4. The van der Waals surface area contributed by atoms with Crippen molar-refractivity contribution in [2.45, 2.75) is 19.8 Å². The van der Waals surface area contributed by atoms with Crippen LogP contribution < -0.4 is 5.43 Å². The van der Waals surface area contributed by atoms with Gasteiger partial charge in [-0.05, 0) is 30.0 Å². The van der Waals surface area contributed by atoms with Crippen LogP contribution in [0.2, 0.25) is 0 Å². The minimum atomic E-state index is -0.329. The molecule has 94 valence electrons. The van der Waals surface area contributed by atoms with Crippen LogP contribution in [0.4, 0.5) is 0 Å². The molecule has 0 aliphatic rings. The lowest BCUT2D eigenvalue weighted by atomic mass is 10.2. The number of rotatable bonds is 5. The van der Waals surface area contributed by atoms with Gasteiger partial charge in [0.1, 0.15) is 0 Å². The zero-order chi connectivity index (χ0) is 12.8. The standard InChI is InChI=1S/C13H14N2O2S/c1-2-5-10(12-7-4-9-18-12)14-15-13(16)11-6-3-8-17-11/h3-4,6-9H,2,5H2,1H3,(H,15,16)/b14-10+. The van der Waals surface area contributed by atoms with E-state index in [1.54, 1.807) is 23.5 Å². The number of hydrogen-bond donors (Lipinski definition) is 1. The summed E-state index contributed by atoms with van der Waals surface area (Å²) >= 11 is 1.61. The molecule has 0 aliphatic heterocycles. The third-order valence-electron chi connectivity index (χ3n) is 2.33. The van der Waals surface area contributed by atoms with Crippen LogP contribution in [-0.4, -0.2) is 11.6 Å². The molecule has 0 radical (unpaired) electrons. The molecule has 18 heavy (non-hydrogen) atoms. The van der Waals surface area contributed by atoms with Crippen LogP contribution in [0.5, 0.6) is 0 Å². The molecular formula is C13H14N2O2S. The van der Waals surface area contributed by atoms with Crippen molar-refractivity contribution in [2.24, 2.45) is 5.10 Å². The van der Waals surface area contributed by atoms with Crippen LogP contribution in [0.1, 0.15) is 35.2 Å². The molecule has 0 saturated carbocycles. The summed E-state index contributed by atoms with van der Waals surface area (Å²) in [6.45, 7) is 2.08. The van der Waals surface area contributed by atoms with Gasteiger partial charge in [0.2, 0.25) is 0 Å². The summed E-state index contributed by atoms with van der Waals surface area (Å²) in [5.41, 5.74) is 3.42. The zero-order valence-electron chi connectivity index (χ0n) is 10.1. The Labute approximate surface area is 109 Å². The van der Waals surface area contributed by atoms with Crippen LogP contribution in [0, 0.1) is 0 Å². The van der Waals surface area contributed by atoms with Gasteiger partial charge in [0, 0.05) is 0 Å². The van der Waals surface area contributed by atoms with Crippen molar-refractivity contribution >= 4 is 23.0 Å². The molecule has 5 heteroatoms. The molecule has 2 rings (SSSR count). The van der Waals surface area contributed by atoms with E-state index in [1.165, 1.54) is 6.26 Å².